The summed E-state index contributed by atoms with van der Waals surface area (Å²) >= 11 is 5.67. The second kappa shape index (κ2) is 8.79. The molecule has 0 aromatic rings. The lowest BCUT2D eigenvalue weighted by molar-refractivity contribution is 0.660. The molecule has 0 aliphatic carbocycles. The van der Waals surface area contributed by atoms with E-state index in [0.29, 0.717) is 5.03 Å². The van der Waals surface area contributed by atoms with E-state index in [1.807, 2.05) is 27.7 Å². The Kier molecular flexibility index (Phi) is 10.4. The summed E-state index contributed by atoms with van der Waals surface area (Å²) in [5.74, 6) is -0.0777. The third-order valence-corrected chi connectivity index (χ3v) is 1.65. The quantitative estimate of drug-likeness (QED) is 0.558. The fourth-order valence-electron chi connectivity index (χ4n) is 0.382. The number of rotatable bonds is 2. The molecule has 0 fully saturated rings. The maximum Gasteiger partial charge on any atom is 0.120 e. The molecule has 0 heterocycles. The zero-order valence-electron chi connectivity index (χ0n) is 8.49. The molecule has 0 saturated heterocycles. The van der Waals surface area contributed by atoms with E-state index in [9.17, 15) is 4.39 Å². The molecule has 0 saturated carbocycles. The van der Waals surface area contributed by atoms with Crippen LogP contribution in [-0.2, 0) is 0 Å². The first kappa shape index (κ1) is 14.2. The van der Waals surface area contributed by atoms with Gasteiger partial charge in [-0.05, 0) is 18.9 Å². The van der Waals surface area contributed by atoms with E-state index in [-0.39, 0.29) is 11.7 Å². The number of allylic oxidation sites excluding steroid dienone is 4. The molecule has 0 atom stereocenters. The molecular weight excluding hydrogens is 175 g/mol. The zero-order valence-corrected chi connectivity index (χ0v) is 9.24. The lowest BCUT2D eigenvalue weighted by Gasteiger charge is -1.99. The Morgan fingerprint density at radius 2 is 1.75 bits per heavy atom. The summed E-state index contributed by atoms with van der Waals surface area (Å²) in [5.41, 5.74) is 0. The van der Waals surface area contributed by atoms with Crippen LogP contribution in [0.5, 0.6) is 0 Å². The molecule has 0 aromatic heterocycles. The third-order valence-electron chi connectivity index (χ3n) is 1.10. The van der Waals surface area contributed by atoms with Gasteiger partial charge in [0.05, 0.1) is 0 Å². The molecule has 2 heteroatoms. The first-order chi connectivity index (χ1) is 5.57. The molecule has 0 bridgehead atoms. The van der Waals surface area contributed by atoms with Gasteiger partial charge in [0.2, 0.25) is 0 Å². The lowest BCUT2D eigenvalue weighted by atomic mass is 10.2. The highest BCUT2D eigenvalue weighted by Crippen LogP contribution is 2.16. The van der Waals surface area contributed by atoms with Crippen LogP contribution >= 0.6 is 11.6 Å². The Bertz CT molecular complexity index is 157. The van der Waals surface area contributed by atoms with Crippen molar-refractivity contribution in [3.8, 4) is 0 Å². The predicted octanol–water partition coefficient (Wildman–Crippen LogP) is 4.66. The SMILES string of the molecule is C/C=C(F)\C=C(\Cl)C(C)C.CC. The van der Waals surface area contributed by atoms with Crippen molar-refractivity contribution in [1.29, 1.82) is 0 Å². The van der Waals surface area contributed by atoms with Gasteiger partial charge in [0.15, 0.2) is 0 Å². The number of hydrogen-bond acceptors (Lipinski definition) is 0. The van der Waals surface area contributed by atoms with E-state index in [4.69, 9.17) is 11.6 Å². The summed E-state index contributed by atoms with van der Waals surface area (Å²) in [4.78, 5) is 0. The van der Waals surface area contributed by atoms with E-state index in [1.165, 1.54) is 12.2 Å². The van der Waals surface area contributed by atoms with Crippen molar-refractivity contribution in [3.05, 3.63) is 23.0 Å². The Hall–Kier alpha value is -0.300. The summed E-state index contributed by atoms with van der Waals surface area (Å²) in [7, 11) is 0. The highest BCUT2D eigenvalue weighted by molar-refractivity contribution is 6.29. The molecule has 72 valence electrons. The molecule has 0 radical (unpaired) electrons. The van der Waals surface area contributed by atoms with Crippen molar-refractivity contribution in [3.63, 3.8) is 0 Å². The van der Waals surface area contributed by atoms with Gasteiger partial charge < -0.3 is 0 Å². The van der Waals surface area contributed by atoms with E-state index in [2.05, 4.69) is 0 Å². The second-order valence-corrected chi connectivity index (χ2v) is 2.79. The summed E-state index contributed by atoms with van der Waals surface area (Å²) in [6.07, 6.45) is 2.72. The largest absolute Gasteiger partial charge is 0.207 e. The van der Waals surface area contributed by atoms with Gasteiger partial charge in [-0.1, -0.05) is 45.4 Å². The van der Waals surface area contributed by atoms with Crippen molar-refractivity contribution in [1.82, 2.24) is 0 Å². The minimum absolute atomic E-state index is 0.201. The van der Waals surface area contributed by atoms with Crippen LogP contribution in [0.15, 0.2) is 23.0 Å². The highest BCUT2D eigenvalue weighted by atomic mass is 35.5. The van der Waals surface area contributed by atoms with Crippen LogP contribution in [0.3, 0.4) is 0 Å². The normalized spacial score (nSPS) is 12.7. The molecule has 0 aromatic carbocycles. The second-order valence-electron chi connectivity index (χ2n) is 2.36. The van der Waals surface area contributed by atoms with Crippen LogP contribution in [0.1, 0.15) is 34.6 Å². The monoisotopic (exact) mass is 192 g/mol. The maximum atomic E-state index is 12.4. The Labute approximate surface area is 80.1 Å². The molecule has 0 spiro atoms. The molecule has 0 aliphatic rings. The molecule has 0 aliphatic heterocycles. The van der Waals surface area contributed by atoms with Gasteiger partial charge in [-0.3, -0.25) is 0 Å². The van der Waals surface area contributed by atoms with Gasteiger partial charge in [0.25, 0.3) is 0 Å². The van der Waals surface area contributed by atoms with Gasteiger partial charge in [0, 0.05) is 5.03 Å². The first-order valence-electron chi connectivity index (χ1n) is 4.26. The van der Waals surface area contributed by atoms with Crippen molar-refractivity contribution in [2.75, 3.05) is 0 Å². The molecule has 0 rings (SSSR count). The first-order valence-corrected chi connectivity index (χ1v) is 4.64. The van der Waals surface area contributed by atoms with E-state index < -0.39 is 0 Å². The van der Waals surface area contributed by atoms with Gasteiger partial charge in [-0.2, -0.15) is 0 Å². The van der Waals surface area contributed by atoms with E-state index >= 15 is 0 Å². The summed E-state index contributed by atoms with van der Waals surface area (Å²) in [5, 5.41) is 0.551. The fraction of sp³-hybridized carbons (Fsp3) is 0.600. The topological polar surface area (TPSA) is 0 Å². The van der Waals surface area contributed by atoms with Gasteiger partial charge >= 0.3 is 0 Å². The van der Waals surface area contributed by atoms with Crippen LogP contribution in [0.25, 0.3) is 0 Å². The zero-order chi connectivity index (χ0) is 10.1. The predicted molar refractivity (Wildman–Crippen MR) is 55.0 cm³/mol. The van der Waals surface area contributed by atoms with Gasteiger partial charge in [-0.25, -0.2) is 4.39 Å². The van der Waals surface area contributed by atoms with Gasteiger partial charge in [-0.15, -0.1) is 0 Å². The minimum Gasteiger partial charge on any atom is -0.207 e. The minimum atomic E-state index is -0.279. The molecule has 0 N–H and O–H groups in total. The van der Waals surface area contributed by atoms with Gasteiger partial charge in [0.1, 0.15) is 5.83 Å². The average Bonchev–Trinajstić information content (AvgIpc) is 2.07. The smallest absolute Gasteiger partial charge is 0.120 e. The van der Waals surface area contributed by atoms with Crippen LogP contribution in [0.2, 0.25) is 0 Å². The summed E-state index contributed by atoms with van der Waals surface area (Å²) in [6, 6.07) is 0. The third kappa shape index (κ3) is 7.80. The molecular formula is C10H18ClF. The molecule has 0 unspecified atom stereocenters. The lowest BCUT2D eigenvalue weighted by Crippen LogP contribution is -1.85. The van der Waals surface area contributed by atoms with E-state index in [0.717, 1.165) is 0 Å². The average molecular weight is 193 g/mol. The van der Waals surface area contributed by atoms with Crippen LogP contribution in [0.4, 0.5) is 4.39 Å². The standard InChI is InChI=1S/C8H12ClF.C2H6/c1-4-7(10)5-8(9)6(2)3;1-2/h4-6H,1-3H3;1-2H3/b7-4+,8-5+;. The fourth-order valence-corrected chi connectivity index (χ4v) is 0.486. The summed E-state index contributed by atoms with van der Waals surface area (Å²) < 4.78 is 12.4. The van der Waals surface area contributed by atoms with Crippen molar-refractivity contribution < 1.29 is 4.39 Å². The number of halogens is 2. The van der Waals surface area contributed by atoms with Crippen molar-refractivity contribution in [2.45, 2.75) is 34.6 Å². The van der Waals surface area contributed by atoms with Crippen LogP contribution in [0, 0.1) is 5.92 Å². The van der Waals surface area contributed by atoms with E-state index in [1.54, 1.807) is 6.92 Å². The number of hydrogen-bond donors (Lipinski definition) is 0. The van der Waals surface area contributed by atoms with Crippen molar-refractivity contribution in [2.24, 2.45) is 5.92 Å². The molecule has 0 nitrogen and oxygen atoms in total. The summed E-state index contributed by atoms with van der Waals surface area (Å²) in [6.45, 7) is 9.47. The highest BCUT2D eigenvalue weighted by Gasteiger charge is 1.98. The Balaban J connectivity index is 0. The maximum absolute atomic E-state index is 12.4. The Morgan fingerprint density at radius 1 is 1.33 bits per heavy atom. The Morgan fingerprint density at radius 3 is 2.00 bits per heavy atom. The molecule has 0 amide bonds. The molecule has 12 heavy (non-hydrogen) atoms. The van der Waals surface area contributed by atoms with Crippen LogP contribution < -0.4 is 0 Å². The van der Waals surface area contributed by atoms with Crippen molar-refractivity contribution >= 4 is 11.6 Å². The van der Waals surface area contributed by atoms with Crippen LogP contribution in [-0.4, -0.2) is 0 Å².